The van der Waals surface area contributed by atoms with Crippen LogP contribution in [0.2, 0.25) is 0 Å². The highest BCUT2D eigenvalue weighted by atomic mass is 16.4. The van der Waals surface area contributed by atoms with Crippen molar-refractivity contribution in [1.82, 2.24) is 0 Å². The maximum absolute atomic E-state index is 10.6. The molecule has 1 N–H and O–H groups in total. The molecule has 0 amide bonds. The van der Waals surface area contributed by atoms with E-state index in [2.05, 4.69) is 0 Å². The Morgan fingerprint density at radius 3 is 2.10 bits per heavy atom. The molecule has 1 atom stereocenters. The van der Waals surface area contributed by atoms with Gasteiger partial charge >= 0.3 is 5.97 Å². The van der Waals surface area contributed by atoms with E-state index in [-0.39, 0.29) is 5.78 Å². The molecular weight excluding hydrogens is 132 g/mol. The van der Waals surface area contributed by atoms with E-state index in [9.17, 15) is 9.59 Å². The highest BCUT2D eigenvalue weighted by molar-refractivity contribution is 5.96. The van der Waals surface area contributed by atoms with Gasteiger partial charge in [-0.1, -0.05) is 13.3 Å². The van der Waals surface area contributed by atoms with Crippen LogP contribution in [0, 0.1) is 5.92 Å². The van der Waals surface area contributed by atoms with Gasteiger partial charge in [0.2, 0.25) is 0 Å². The number of carboxylic acid groups (broad SMARTS) is 1. The molecule has 0 aromatic heterocycles. The lowest BCUT2D eigenvalue weighted by molar-refractivity contribution is -0.145. The van der Waals surface area contributed by atoms with E-state index in [1.807, 2.05) is 6.92 Å². The second-order valence-electron chi connectivity index (χ2n) is 2.29. The molecule has 0 bridgehead atoms. The Bertz CT molecular complexity index is 126. The summed E-state index contributed by atoms with van der Waals surface area (Å²) in [4.78, 5) is 20.9. The molecule has 0 spiro atoms. The van der Waals surface area contributed by atoms with Crippen LogP contribution in [0.4, 0.5) is 0 Å². The van der Waals surface area contributed by atoms with Crippen molar-refractivity contribution in [3.63, 3.8) is 0 Å². The van der Waals surface area contributed by atoms with Crippen molar-refractivity contribution < 1.29 is 14.7 Å². The molecular formula is C7H12O3. The molecule has 3 heteroatoms. The molecule has 0 aromatic carbocycles. The Hall–Kier alpha value is -0.860. The summed E-state index contributed by atoms with van der Waals surface area (Å²) in [7, 11) is 0. The van der Waals surface area contributed by atoms with Gasteiger partial charge in [-0.15, -0.1) is 0 Å². The number of carbonyl (C=O) groups is 2. The molecule has 0 saturated heterocycles. The van der Waals surface area contributed by atoms with Gasteiger partial charge in [0.05, 0.1) is 0 Å². The van der Waals surface area contributed by atoms with E-state index in [1.54, 1.807) is 0 Å². The van der Waals surface area contributed by atoms with Gasteiger partial charge in [-0.25, -0.2) is 0 Å². The Morgan fingerprint density at radius 1 is 1.50 bits per heavy atom. The maximum atomic E-state index is 10.6. The van der Waals surface area contributed by atoms with Gasteiger partial charge in [-0.2, -0.15) is 0 Å². The summed E-state index contributed by atoms with van der Waals surface area (Å²) < 4.78 is 0. The number of hydrogen-bond acceptors (Lipinski definition) is 2. The molecule has 0 aliphatic rings. The van der Waals surface area contributed by atoms with E-state index in [4.69, 9.17) is 5.11 Å². The molecule has 0 aromatic rings. The average Bonchev–Trinajstić information content (AvgIpc) is 1.81. The monoisotopic (exact) mass is 144 g/mol. The van der Waals surface area contributed by atoms with E-state index in [0.29, 0.717) is 6.42 Å². The predicted octanol–water partition coefficient (Wildman–Crippen LogP) is 1.08. The van der Waals surface area contributed by atoms with Gasteiger partial charge in [0, 0.05) is 0 Å². The van der Waals surface area contributed by atoms with E-state index in [1.165, 1.54) is 6.92 Å². The Morgan fingerprint density at radius 2 is 2.00 bits per heavy atom. The summed E-state index contributed by atoms with van der Waals surface area (Å²) in [5, 5.41) is 8.45. The molecule has 58 valence electrons. The van der Waals surface area contributed by atoms with Crippen LogP contribution < -0.4 is 0 Å². The summed E-state index contributed by atoms with van der Waals surface area (Å²) in [6, 6.07) is 0. The molecule has 0 aliphatic heterocycles. The number of rotatable bonds is 4. The molecule has 3 nitrogen and oxygen atoms in total. The van der Waals surface area contributed by atoms with Crippen LogP contribution in [-0.2, 0) is 9.59 Å². The summed E-state index contributed by atoms with van der Waals surface area (Å²) in [6.07, 6.45) is 1.18. The fraction of sp³-hybridized carbons (Fsp3) is 0.714. The number of carbonyl (C=O) groups excluding carboxylic acids is 1. The maximum Gasteiger partial charge on any atom is 0.314 e. The van der Waals surface area contributed by atoms with Crippen LogP contribution >= 0.6 is 0 Å². The van der Waals surface area contributed by atoms with Gasteiger partial charge in [0.15, 0.2) is 0 Å². The van der Waals surface area contributed by atoms with Crippen LogP contribution in [0.3, 0.4) is 0 Å². The Labute approximate surface area is 60.0 Å². The van der Waals surface area contributed by atoms with Gasteiger partial charge in [0.25, 0.3) is 0 Å². The predicted molar refractivity (Wildman–Crippen MR) is 36.7 cm³/mol. The normalized spacial score (nSPS) is 12.6. The number of ketones is 1. The average molecular weight is 144 g/mol. The van der Waals surface area contributed by atoms with Crippen molar-refractivity contribution in [3.8, 4) is 0 Å². The van der Waals surface area contributed by atoms with E-state index < -0.39 is 11.9 Å². The lowest BCUT2D eigenvalue weighted by Gasteiger charge is -2.04. The first-order chi connectivity index (χ1) is 4.59. The smallest absolute Gasteiger partial charge is 0.314 e. The zero-order valence-electron chi connectivity index (χ0n) is 6.26. The van der Waals surface area contributed by atoms with Crippen molar-refractivity contribution >= 4 is 11.8 Å². The Kier molecular flexibility index (Phi) is 3.69. The van der Waals surface area contributed by atoms with Gasteiger partial charge in [-0.3, -0.25) is 9.59 Å². The van der Waals surface area contributed by atoms with E-state index >= 15 is 0 Å². The largest absolute Gasteiger partial charge is 0.481 e. The number of carboxylic acids is 1. The highest BCUT2D eigenvalue weighted by Crippen LogP contribution is 2.06. The molecule has 10 heavy (non-hydrogen) atoms. The third kappa shape index (κ3) is 2.62. The van der Waals surface area contributed by atoms with Crippen LogP contribution in [0.15, 0.2) is 0 Å². The van der Waals surface area contributed by atoms with Crippen LogP contribution in [0.25, 0.3) is 0 Å². The molecule has 0 heterocycles. The molecule has 0 radical (unpaired) electrons. The van der Waals surface area contributed by atoms with Crippen molar-refractivity contribution in [2.45, 2.75) is 26.7 Å². The summed E-state index contributed by atoms with van der Waals surface area (Å²) in [6.45, 7) is 3.17. The third-order valence-electron chi connectivity index (χ3n) is 1.37. The number of hydrogen-bond donors (Lipinski definition) is 1. The van der Waals surface area contributed by atoms with Gasteiger partial charge in [0.1, 0.15) is 11.7 Å². The second kappa shape index (κ2) is 4.04. The second-order valence-corrected chi connectivity index (χ2v) is 2.29. The number of aliphatic carboxylic acids is 1. The number of Topliss-reactive ketones (excluding diaryl/α,β-unsaturated/α-hetero) is 1. The minimum Gasteiger partial charge on any atom is -0.481 e. The minimum absolute atomic E-state index is 0.255. The highest BCUT2D eigenvalue weighted by Gasteiger charge is 2.20. The fourth-order valence-corrected chi connectivity index (χ4v) is 0.789. The first-order valence-electron chi connectivity index (χ1n) is 3.32. The van der Waals surface area contributed by atoms with Crippen molar-refractivity contribution in [2.24, 2.45) is 5.92 Å². The lowest BCUT2D eigenvalue weighted by Crippen LogP contribution is -2.20. The van der Waals surface area contributed by atoms with E-state index in [0.717, 1.165) is 6.42 Å². The summed E-state index contributed by atoms with van der Waals surface area (Å²) >= 11 is 0. The molecule has 0 rings (SSSR count). The van der Waals surface area contributed by atoms with Gasteiger partial charge < -0.3 is 5.11 Å². The van der Waals surface area contributed by atoms with Crippen LogP contribution in [-0.4, -0.2) is 16.9 Å². The van der Waals surface area contributed by atoms with Gasteiger partial charge in [-0.05, 0) is 13.3 Å². The quantitative estimate of drug-likeness (QED) is 0.600. The summed E-state index contributed by atoms with van der Waals surface area (Å²) in [5.41, 5.74) is 0. The third-order valence-corrected chi connectivity index (χ3v) is 1.37. The molecule has 0 aliphatic carbocycles. The summed E-state index contributed by atoms with van der Waals surface area (Å²) in [5.74, 6) is -2.05. The topological polar surface area (TPSA) is 54.4 Å². The zero-order valence-corrected chi connectivity index (χ0v) is 6.26. The van der Waals surface area contributed by atoms with Crippen molar-refractivity contribution in [3.05, 3.63) is 0 Å². The lowest BCUT2D eigenvalue weighted by atomic mass is 10.0. The fourth-order valence-electron chi connectivity index (χ4n) is 0.789. The SMILES string of the molecule is CCC[C@@H](C(C)=O)C(=O)O. The first kappa shape index (κ1) is 9.14. The Balaban J connectivity index is 3.98. The molecule has 0 fully saturated rings. The molecule has 0 saturated carbocycles. The van der Waals surface area contributed by atoms with Crippen LogP contribution in [0.1, 0.15) is 26.7 Å². The standard InChI is InChI=1S/C7H12O3/c1-3-4-6(5(2)8)7(9)10/h6H,3-4H2,1-2H3,(H,9,10)/t6-/m0/s1. The van der Waals surface area contributed by atoms with Crippen LogP contribution in [0.5, 0.6) is 0 Å². The zero-order chi connectivity index (χ0) is 8.15. The minimum atomic E-state index is -1.01. The van der Waals surface area contributed by atoms with Crippen molar-refractivity contribution in [1.29, 1.82) is 0 Å². The first-order valence-corrected chi connectivity index (χ1v) is 3.32. The molecule has 0 unspecified atom stereocenters. The van der Waals surface area contributed by atoms with Crippen molar-refractivity contribution in [2.75, 3.05) is 0 Å².